The Hall–Kier alpha value is -0.890. The van der Waals surface area contributed by atoms with E-state index in [4.69, 9.17) is 0 Å². The van der Waals surface area contributed by atoms with Crippen molar-refractivity contribution in [3.63, 3.8) is 0 Å². The molecule has 14 heavy (non-hydrogen) atoms. The summed E-state index contributed by atoms with van der Waals surface area (Å²) in [6.07, 6.45) is 3.78. The number of aliphatic hydroxyl groups excluding tert-OH is 1. The number of halogens is 1. The quantitative estimate of drug-likeness (QED) is 0.767. The molecule has 1 aromatic rings. The van der Waals surface area contributed by atoms with E-state index in [1.807, 2.05) is 12.1 Å². The highest BCUT2D eigenvalue weighted by atomic mass is 19.1. The molecule has 1 nitrogen and oxygen atoms in total. The zero-order valence-corrected chi connectivity index (χ0v) is 8.12. The first-order chi connectivity index (χ1) is 6.74. The first-order valence-electron chi connectivity index (χ1n) is 5.16. The summed E-state index contributed by atoms with van der Waals surface area (Å²) in [5.74, 6) is 0.399. The third-order valence-corrected chi connectivity index (χ3v) is 2.95. The predicted molar refractivity (Wildman–Crippen MR) is 53.5 cm³/mol. The van der Waals surface area contributed by atoms with Crippen LogP contribution in [0.5, 0.6) is 0 Å². The van der Waals surface area contributed by atoms with E-state index in [1.54, 1.807) is 0 Å². The van der Waals surface area contributed by atoms with Crippen molar-refractivity contribution in [1.82, 2.24) is 0 Å². The summed E-state index contributed by atoms with van der Waals surface area (Å²) in [6.45, 7) is 0. The highest BCUT2D eigenvalue weighted by Gasteiger charge is 2.22. The first-order valence-corrected chi connectivity index (χ1v) is 5.16. The lowest BCUT2D eigenvalue weighted by Crippen LogP contribution is -2.03. The Labute approximate surface area is 83.6 Å². The molecule has 76 valence electrons. The molecular weight excluding hydrogens is 179 g/mol. The van der Waals surface area contributed by atoms with Crippen LogP contribution in [0.2, 0.25) is 0 Å². The van der Waals surface area contributed by atoms with Gasteiger partial charge in [0.05, 0.1) is 6.10 Å². The molecule has 0 saturated heterocycles. The molecule has 0 bridgehead atoms. The Bertz CT molecular complexity index is 294. The fourth-order valence-electron chi connectivity index (χ4n) is 2.19. The van der Waals surface area contributed by atoms with Crippen molar-refractivity contribution < 1.29 is 9.50 Å². The summed E-state index contributed by atoms with van der Waals surface area (Å²) in [6, 6.07) is 6.67. The minimum Gasteiger partial charge on any atom is -0.393 e. The average molecular weight is 194 g/mol. The molecule has 0 aromatic heterocycles. The van der Waals surface area contributed by atoms with Crippen LogP contribution in [-0.4, -0.2) is 11.2 Å². The van der Waals surface area contributed by atoms with Crippen LogP contribution in [0.3, 0.4) is 0 Å². The molecule has 0 spiro atoms. The average Bonchev–Trinajstić information content (AvgIpc) is 2.56. The first kappa shape index (κ1) is 9.66. The molecule has 2 unspecified atom stereocenters. The molecule has 2 rings (SSSR count). The van der Waals surface area contributed by atoms with Crippen molar-refractivity contribution >= 4 is 0 Å². The fraction of sp³-hybridized carbons (Fsp3) is 0.500. The fourth-order valence-corrected chi connectivity index (χ4v) is 2.19. The van der Waals surface area contributed by atoms with Gasteiger partial charge in [-0.2, -0.15) is 0 Å². The lowest BCUT2D eigenvalue weighted by molar-refractivity contribution is 0.177. The summed E-state index contributed by atoms with van der Waals surface area (Å²) in [5, 5.41) is 9.36. The Morgan fingerprint density at radius 1 is 1.21 bits per heavy atom. The van der Waals surface area contributed by atoms with Crippen molar-refractivity contribution in [2.75, 3.05) is 0 Å². The third-order valence-electron chi connectivity index (χ3n) is 2.95. The van der Waals surface area contributed by atoms with Crippen LogP contribution < -0.4 is 0 Å². The number of hydrogen-bond acceptors (Lipinski definition) is 1. The van der Waals surface area contributed by atoms with Crippen molar-refractivity contribution in [2.45, 2.75) is 31.8 Å². The van der Waals surface area contributed by atoms with E-state index in [0.717, 1.165) is 25.7 Å². The van der Waals surface area contributed by atoms with E-state index >= 15 is 0 Å². The standard InChI is InChI=1S/C12H15FO/c13-11-4-1-9(2-5-11)7-10-3-6-12(14)8-10/h1-2,4-5,10,12,14H,3,6-8H2. The van der Waals surface area contributed by atoms with E-state index in [2.05, 4.69) is 0 Å². The van der Waals surface area contributed by atoms with Crippen LogP contribution in [-0.2, 0) is 6.42 Å². The van der Waals surface area contributed by atoms with Gasteiger partial charge in [0, 0.05) is 0 Å². The molecule has 1 aromatic carbocycles. The third kappa shape index (κ3) is 2.32. The van der Waals surface area contributed by atoms with Crippen molar-refractivity contribution in [3.8, 4) is 0 Å². The van der Waals surface area contributed by atoms with E-state index in [0.29, 0.717) is 5.92 Å². The van der Waals surface area contributed by atoms with Crippen LogP contribution >= 0.6 is 0 Å². The molecular formula is C12H15FO. The highest BCUT2D eigenvalue weighted by Crippen LogP contribution is 2.28. The second-order valence-corrected chi connectivity index (χ2v) is 4.16. The van der Waals surface area contributed by atoms with Crippen LogP contribution in [0.15, 0.2) is 24.3 Å². The van der Waals surface area contributed by atoms with Crippen LogP contribution in [0.25, 0.3) is 0 Å². The Kier molecular flexibility index (Phi) is 2.82. The monoisotopic (exact) mass is 194 g/mol. The summed E-state index contributed by atoms with van der Waals surface area (Å²) in [5.41, 5.74) is 1.17. The van der Waals surface area contributed by atoms with Gasteiger partial charge in [0.25, 0.3) is 0 Å². The maximum absolute atomic E-state index is 12.6. The number of aliphatic hydroxyl groups is 1. The lowest BCUT2D eigenvalue weighted by atomic mass is 9.98. The summed E-state index contributed by atoms with van der Waals surface area (Å²) < 4.78 is 12.6. The molecule has 2 atom stereocenters. The van der Waals surface area contributed by atoms with E-state index in [1.165, 1.54) is 17.7 Å². The minimum absolute atomic E-state index is 0.111. The Morgan fingerprint density at radius 3 is 2.50 bits per heavy atom. The summed E-state index contributed by atoms with van der Waals surface area (Å²) in [4.78, 5) is 0. The SMILES string of the molecule is OC1CCC(Cc2ccc(F)cc2)C1. The van der Waals surface area contributed by atoms with Gasteiger partial charge in [-0.05, 0) is 49.3 Å². The zero-order valence-electron chi connectivity index (χ0n) is 8.12. The predicted octanol–water partition coefficient (Wildman–Crippen LogP) is 2.53. The van der Waals surface area contributed by atoms with E-state index in [9.17, 15) is 9.50 Å². The molecule has 2 heteroatoms. The van der Waals surface area contributed by atoms with Crippen molar-refractivity contribution in [1.29, 1.82) is 0 Å². The van der Waals surface area contributed by atoms with Crippen LogP contribution in [0.4, 0.5) is 4.39 Å². The van der Waals surface area contributed by atoms with Crippen molar-refractivity contribution in [2.24, 2.45) is 5.92 Å². The van der Waals surface area contributed by atoms with Gasteiger partial charge >= 0.3 is 0 Å². The van der Waals surface area contributed by atoms with Gasteiger partial charge in [0.2, 0.25) is 0 Å². The van der Waals surface area contributed by atoms with Gasteiger partial charge in [-0.15, -0.1) is 0 Å². The number of rotatable bonds is 2. The molecule has 1 saturated carbocycles. The van der Waals surface area contributed by atoms with E-state index < -0.39 is 0 Å². The molecule has 1 N–H and O–H groups in total. The molecule has 1 fully saturated rings. The molecule has 0 aliphatic heterocycles. The number of benzene rings is 1. The van der Waals surface area contributed by atoms with Crippen LogP contribution in [0.1, 0.15) is 24.8 Å². The minimum atomic E-state index is -0.180. The van der Waals surface area contributed by atoms with E-state index in [-0.39, 0.29) is 11.9 Å². The van der Waals surface area contributed by atoms with Gasteiger partial charge in [-0.25, -0.2) is 4.39 Å². The maximum atomic E-state index is 12.6. The van der Waals surface area contributed by atoms with Gasteiger partial charge in [0.1, 0.15) is 5.82 Å². The smallest absolute Gasteiger partial charge is 0.123 e. The lowest BCUT2D eigenvalue weighted by Gasteiger charge is -2.08. The molecule has 0 heterocycles. The highest BCUT2D eigenvalue weighted by molar-refractivity contribution is 5.16. The van der Waals surface area contributed by atoms with Gasteiger partial charge in [-0.1, -0.05) is 12.1 Å². The van der Waals surface area contributed by atoms with Gasteiger partial charge in [0.15, 0.2) is 0 Å². The molecule has 0 radical (unpaired) electrons. The molecule has 0 amide bonds. The molecule has 1 aliphatic rings. The topological polar surface area (TPSA) is 20.2 Å². The number of hydrogen-bond donors (Lipinski definition) is 1. The maximum Gasteiger partial charge on any atom is 0.123 e. The largest absolute Gasteiger partial charge is 0.393 e. The van der Waals surface area contributed by atoms with Crippen molar-refractivity contribution in [3.05, 3.63) is 35.6 Å². The second-order valence-electron chi connectivity index (χ2n) is 4.16. The second kappa shape index (κ2) is 4.09. The molecule has 1 aliphatic carbocycles. The normalized spacial score (nSPS) is 26.7. The Morgan fingerprint density at radius 2 is 1.93 bits per heavy atom. The van der Waals surface area contributed by atoms with Crippen LogP contribution in [0, 0.1) is 11.7 Å². The van der Waals surface area contributed by atoms with Gasteiger partial charge in [-0.3, -0.25) is 0 Å². The summed E-state index contributed by atoms with van der Waals surface area (Å²) >= 11 is 0. The van der Waals surface area contributed by atoms with Gasteiger partial charge < -0.3 is 5.11 Å². The zero-order chi connectivity index (χ0) is 9.97. The Balaban J connectivity index is 1.94. The summed E-state index contributed by atoms with van der Waals surface area (Å²) in [7, 11) is 0.